The lowest BCUT2D eigenvalue weighted by atomic mass is 9.98. The van der Waals surface area contributed by atoms with Crippen LogP contribution in [0, 0.1) is 0 Å². The van der Waals surface area contributed by atoms with E-state index in [1.165, 1.54) is 0 Å². The Kier molecular flexibility index (Phi) is 4.73. The fraction of sp³-hybridized carbons (Fsp3) is 0.846. The SMILES string of the molecule is CCC(C)NC(=O)C(C)N1CCCC1(C)C(=O)O. The molecule has 1 heterocycles. The highest BCUT2D eigenvalue weighted by Gasteiger charge is 2.46. The van der Waals surface area contributed by atoms with Crippen LogP contribution < -0.4 is 5.32 Å². The molecule has 1 amide bonds. The van der Waals surface area contributed by atoms with E-state index in [0.29, 0.717) is 13.0 Å². The summed E-state index contributed by atoms with van der Waals surface area (Å²) in [5.41, 5.74) is -0.911. The largest absolute Gasteiger partial charge is 0.480 e. The molecule has 1 aliphatic heterocycles. The molecule has 0 aromatic rings. The second-order valence-electron chi connectivity index (χ2n) is 5.37. The zero-order valence-electron chi connectivity index (χ0n) is 11.7. The molecule has 5 heteroatoms. The molecule has 0 saturated carbocycles. The molecule has 0 spiro atoms. The van der Waals surface area contributed by atoms with E-state index >= 15 is 0 Å². The minimum absolute atomic E-state index is 0.0845. The Balaban J connectivity index is 2.74. The first-order chi connectivity index (χ1) is 8.32. The molecule has 3 atom stereocenters. The lowest BCUT2D eigenvalue weighted by Gasteiger charge is -2.35. The quantitative estimate of drug-likeness (QED) is 0.776. The summed E-state index contributed by atoms with van der Waals surface area (Å²) in [5, 5.41) is 12.2. The van der Waals surface area contributed by atoms with E-state index in [2.05, 4.69) is 5.32 Å². The molecule has 18 heavy (non-hydrogen) atoms. The number of nitrogens with one attached hydrogen (secondary N) is 1. The Morgan fingerprint density at radius 3 is 2.56 bits per heavy atom. The van der Waals surface area contributed by atoms with Crippen molar-refractivity contribution in [2.24, 2.45) is 0 Å². The maximum atomic E-state index is 12.1. The molecule has 0 aliphatic carbocycles. The number of carbonyl (C=O) groups is 2. The maximum Gasteiger partial charge on any atom is 0.323 e. The fourth-order valence-electron chi connectivity index (χ4n) is 2.44. The number of likely N-dealkylation sites (tertiary alicyclic amines) is 1. The average Bonchev–Trinajstić information content (AvgIpc) is 2.71. The Morgan fingerprint density at radius 1 is 1.44 bits per heavy atom. The van der Waals surface area contributed by atoms with Crippen LogP contribution in [0.15, 0.2) is 0 Å². The lowest BCUT2D eigenvalue weighted by molar-refractivity contribution is -0.151. The van der Waals surface area contributed by atoms with Crippen molar-refractivity contribution >= 4 is 11.9 Å². The number of carboxylic acid groups (broad SMARTS) is 1. The average molecular weight is 256 g/mol. The highest BCUT2D eigenvalue weighted by Crippen LogP contribution is 2.31. The minimum atomic E-state index is -0.911. The van der Waals surface area contributed by atoms with Gasteiger partial charge in [0.2, 0.25) is 5.91 Å². The van der Waals surface area contributed by atoms with E-state index in [-0.39, 0.29) is 11.9 Å². The van der Waals surface area contributed by atoms with Gasteiger partial charge in [-0.05, 0) is 40.0 Å². The topological polar surface area (TPSA) is 69.6 Å². The molecule has 0 aromatic carbocycles. The number of carboxylic acids is 1. The minimum Gasteiger partial charge on any atom is -0.480 e. The van der Waals surface area contributed by atoms with Crippen molar-refractivity contribution in [3.63, 3.8) is 0 Å². The highest BCUT2D eigenvalue weighted by atomic mass is 16.4. The van der Waals surface area contributed by atoms with Crippen molar-refractivity contribution < 1.29 is 14.7 Å². The number of hydrogen-bond acceptors (Lipinski definition) is 3. The van der Waals surface area contributed by atoms with Crippen molar-refractivity contribution in [3.8, 4) is 0 Å². The van der Waals surface area contributed by atoms with Gasteiger partial charge in [0.15, 0.2) is 0 Å². The van der Waals surface area contributed by atoms with Gasteiger partial charge >= 0.3 is 5.97 Å². The first-order valence-corrected chi connectivity index (χ1v) is 6.63. The van der Waals surface area contributed by atoms with E-state index < -0.39 is 17.6 Å². The van der Waals surface area contributed by atoms with Gasteiger partial charge in [-0.15, -0.1) is 0 Å². The summed E-state index contributed by atoms with van der Waals surface area (Å²) < 4.78 is 0. The molecule has 1 rings (SSSR count). The number of hydrogen-bond donors (Lipinski definition) is 2. The zero-order valence-corrected chi connectivity index (χ0v) is 11.7. The number of amides is 1. The van der Waals surface area contributed by atoms with Crippen molar-refractivity contribution in [1.82, 2.24) is 10.2 Å². The fourth-order valence-corrected chi connectivity index (χ4v) is 2.44. The Morgan fingerprint density at radius 2 is 2.06 bits per heavy atom. The number of carbonyl (C=O) groups excluding carboxylic acids is 1. The summed E-state index contributed by atoms with van der Waals surface area (Å²) in [6.07, 6.45) is 2.29. The summed E-state index contributed by atoms with van der Waals surface area (Å²) >= 11 is 0. The molecule has 0 aromatic heterocycles. The molecule has 5 nitrogen and oxygen atoms in total. The standard InChI is InChI=1S/C13H24N2O3/c1-5-9(2)14-11(16)10(3)15-8-6-7-13(15,4)12(17)18/h9-10H,5-8H2,1-4H3,(H,14,16)(H,17,18). The smallest absolute Gasteiger partial charge is 0.323 e. The third-order valence-corrected chi connectivity index (χ3v) is 4.01. The third-order valence-electron chi connectivity index (χ3n) is 4.01. The van der Waals surface area contributed by atoms with Gasteiger partial charge in [-0.3, -0.25) is 14.5 Å². The second-order valence-corrected chi connectivity index (χ2v) is 5.37. The van der Waals surface area contributed by atoms with Gasteiger partial charge in [-0.2, -0.15) is 0 Å². The predicted molar refractivity (Wildman–Crippen MR) is 69.3 cm³/mol. The van der Waals surface area contributed by atoms with E-state index in [0.717, 1.165) is 12.8 Å². The van der Waals surface area contributed by atoms with Gasteiger partial charge in [0.25, 0.3) is 0 Å². The van der Waals surface area contributed by atoms with Gasteiger partial charge in [0.05, 0.1) is 6.04 Å². The monoisotopic (exact) mass is 256 g/mol. The van der Waals surface area contributed by atoms with Crippen molar-refractivity contribution in [2.45, 2.75) is 64.6 Å². The first-order valence-electron chi connectivity index (χ1n) is 6.63. The third kappa shape index (κ3) is 2.83. The van der Waals surface area contributed by atoms with Crippen LogP contribution in [0.25, 0.3) is 0 Å². The second kappa shape index (κ2) is 5.69. The van der Waals surface area contributed by atoms with Gasteiger partial charge in [-0.25, -0.2) is 0 Å². The summed E-state index contributed by atoms with van der Waals surface area (Å²) in [6, 6.07) is -0.277. The van der Waals surface area contributed by atoms with Gasteiger partial charge < -0.3 is 10.4 Å². The van der Waals surface area contributed by atoms with Gasteiger partial charge in [-0.1, -0.05) is 6.92 Å². The van der Waals surface area contributed by atoms with E-state index in [4.69, 9.17) is 0 Å². The predicted octanol–water partition coefficient (Wildman–Crippen LogP) is 1.23. The van der Waals surface area contributed by atoms with Crippen LogP contribution in [0.5, 0.6) is 0 Å². The molecule has 2 N–H and O–H groups in total. The Labute approximate surface area is 109 Å². The molecule has 1 fully saturated rings. The molecule has 0 radical (unpaired) electrons. The molecule has 1 saturated heterocycles. The van der Waals surface area contributed by atoms with Crippen molar-refractivity contribution in [1.29, 1.82) is 0 Å². The van der Waals surface area contributed by atoms with Crippen LogP contribution in [-0.2, 0) is 9.59 Å². The van der Waals surface area contributed by atoms with Crippen LogP contribution in [0.1, 0.15) is 47.0 Å². The molecule has 104 valence electrons. The summed E-state index contributed by atoms with van der Waals surface area (Å²) in [6.45, 7) is 8.11. The summed E-state index contributed by atoms with van der Waals surface area (Å²) in [4.78, 5) is 25.2. The zero-order chi connectivity index (χ0) is 13.9. The van der Waals surface area contributed by atoms with E-state index in [9.17, 15) is 14.7 Å². The first kappa shape index (κ1) is 15.0. The van der Waals surface area contributed by atoms with Crippen LogP contribution in [0.3, 0.4) is 0 Å². The van der Waals surface area contributed by atoms with Gasteiger partial charge in [0.1, 0.15) is 5.54 Å². The highest BCUT2D eigenvalue weighted by molar-refractivity contribution is 5.84. The van der Waals surface area contributed by atoms with Crippen molar-refractivity contribution in [2.75, 3.05) is 6.54 Å². The summed E-state index contributed by atoms with van der Waals surface area (Å²) in [7, 11) is 0. The normalized spacial score (nSPS) is 27.8. The molecular formula is C13H24N2O3. The van der Waals surface area contributed by atoms with Crippen LogP contribution in [-0.4, -0.2) is 46.1 Å². The number of rotatable bonds is 5. The Hall–Kier alpha value is -1.10. The van der Waals surface area contributed by atoms with Crippen LogP contribution in [0.2, 0.25) is 0 Å². The van der Waals surface area contributed by atoms with Crippen LogP contribution in [0.4, 0.5) is 0 Å². The molecular weight excluding hydrogens is 232 g/mol. The molecule has 1 aliphatic rings. The van der Waals surface area contributed by atoms with Gasteiger partial charge in [0, 0.05) is 12.6 Å². The molecule has 3 unspecified atom stereocenters. The van der Waals surface area contributed by atoms with Crippen molar-refractivity contribution in [3.05, 3.63) is 0 Å². The van der Waals surface area contributed by atoms with E-state index in [1.54, 1.807) is 18.7 Å². The maximum absolute atomic E-state index is 12.1. The lowest BCUT2D eigenvalue weighted by Crippen LogP contribution is -2.56. The summed E-state index contributed by atoms with van der Waals surface area (Å²) in [5.74, 6) is -0.929. The number of nitrogens with zero attached hydrogens (tertiary/aromatic N) is 1. The van der Waals surface area contributed by atoms with E-state index in [1.807, 2.05) is 13.8 Å². The number of aliphatic carboxylic acids is 1. The molecule has 0 bridgehead atoms. The van der Waals surface area contributed by atoms with Crippen LogP contribution >= 0.6 is 0 Å². The Bertz CT molecular complexity index is 332.